The first kappa shape index (κ1) is 11.2. The van der Waals surface area contributed by atoms with E-state index >= 15 is 0 Å². The third kappa shape index (κ3) is 3.48. The summed E-state index contributed by atoms with van der Waals surface area (Å²) in [4.78, 5) is 0. The van der Waals surface area contributed by atoms with Crippen molar-refractivity contribution >= 4 is 0 Å². The van der Waals surface area contributed by atoms with E-state index in [9.17, 15) is 5.11 Å². The highest BCUT2D eigenvalue weighted by Crippen LogP contribution is 2.05. The standard InChI is InChI=1S/C12H19NO/c1-3-12(14)9-13-8-11-7-5-4-6-10(11)2/h4-7,12-14H,3,8-9H2,1-2H3. The first-order valence-corrected chi connectivity index (χ1v) is 5.17. The van der Waals surface area contributed by atoms with Gasteiger partial charge in [0.2, 0.25) is 0 Å². The molecule has 1 aromatic rings. The van der Waals surface area contributed by atoms with Crippen LogP contribution in [0.3, 0.4) is 0 Å². The van der Waals surface area contributed by atoms with Crippen molar-refractivity contribution in [3.63, 3.8) is 0 Å². The summed E-state index contributed by atoms with van der Waals surface area (Å²) >= 11 is 0. The lowest BCUT2D eigenvalue weighted by molar-refractivity contribution is 0.167. The predicted molar refractivity (Wildman–Crippen MR) is 59.2 cm³/mol. The molecule has 1 atom stereocenters. The Hall–Kier alpha value is -0.860. The topological polar surface area (TPSA) is 32.3 Å². The smallest absolute Gasteiger partial charge is 0.0662 e. The minimum absolute atomic E-state index is 0.223. The van der Waals surface area contributed by atoms with Crippen molar-refractivity contribution in [1.82, 2.24) is 5.32 Å². The molecule has 2 nitrogen and oxygen atoms in total. The Bertz CT molecular complexity index is 273. The van der Waals surface area contributed by atoms with Crippen molar-refractivity contribution in [2.45, 2.75) is 32.9 Å². The normalized spacial score (nSPS) is 12.8. The SMILES string of the molecule is CCC(O)CNCc1ccccc1C. The predicted octanol–water partition coefficient (Wildman–Crippen LogP) is 1.86. The zero-order valence-electron chi connectivity index (χ0n) is 8.96. The van der Waals surface area contributed by atoms with Crippen LogP contribution in [0.1, 0.15) is 24.5 Å². The second-order valence-corrected chi connectivity index (χ2v) is 3.62. The molecule has 0 spiro atoms. The van der Waals surface area contributed by atoms with Crippen LogP contribution in [0.15, 0.2) is 24.3 Å². The summed E-state index contributed by atoms with van der Waals surface area (Å²) in [7, 11) is 0. The zero-order chi connectivity index (χ0) is 10.4. The molecular formula is C12H19NO. The Balaban J connectivity index is 2.35. The van der Waals surface area contributed by atoms with Gasteiger partial charge in [0.05, 0.1) is 6.10 Å². The molecule has 1 rings (SSSR count). The second-order valence-electron chi connectivity index (χ2n) is 3.62. The zero-order valence-corrected chi connectivity index (χ0v) is 8.96. The van der Waals surface area contributed by atoms with Gasteiger partial charge in [-0.15, -0.1) is 0 Å². The summed E-state index contributed by atoms with van der Waals surface area (Å²) in [5.74, 6) is 0. The van der Waals surface area contributed by atoms with Crippen LogP contribution in [0.25, 0.3) is 0 Å². The molecule has 0 aromatic heterocycles. The number of aliphatic hydroxyl groups excluding tert-OH is 1. The molecule has 0 fully saturated rings. The summed E-state index contributed by atoms with van der Waals surface area (Å²) in [6.45, 7) is 5.60. The van der Waals surface area contributed by atoms with E-state index in [4.69, 9.17) is 0 Å². The Kier molecular flexibility index (Phi) is 4.63. The van der Waals surface area contributed by atoms with Crippen LogP contribution in [-0.2, 0) is 6.54 Å². The third-order valence-corrected chi connectivity index (χ3v) is 2.43. The van der Waals surface area contributed by atoms with Gasteiger partial charge in [0, 0.05) is 13.1 Å². The number of nitrogens with one attached hydrogen (secondary N) is 1. The molecule has 0 radical (unpaired) electrons. The van der Waals surface area contributed by atoms with Crippen molar-refractivity contribution in [3.8, 4) is 0 Å². The van der Waals surface area contributed by atoms with Gasteiger partial charge in [-0.05, 0) is 24.5 Å². The van der Waals surface area contributed by atoms with Gasteiger partial charge in [0.25, 0.3) is 0 Å². The first-order chi connectivity index (χ1) is 6.74. The number of aryl methyl sites for hydroxylation is 1. The van der Waals surface area contributed by atoms with Gasteiger partial charge in [0.15, 0.2) is 0 Å². The molecule has 0 saturated carbocycles. The average molecular weight is 193 g/mol. The number of benzene rings is 1. The van der Waals surface area contributed by atoms with Crippen LogP contribution in [-0.4, -0.2) is 17.8 Å². The molecule has 0 aliphatic heterocycles. The molecule has 1 unspecified atom stereocenters. The lowest BCUT2D eigenvalue weighted by Crippen LogP contribution is -2.25. The van der Waals surface area contributed by atoms with E-state index < -0.39 is 0 Å². The summed E-state index contributed by atoms with van der Waals surface area (Å²) in [5, 5.41) is 12.6. The molecule has 2 heteroatoms. The largest absolute Gasteiger partial charge is 0.392 e. The van der Waals surface area contributed by atoms with E-state index in [1.807, 2.05) is 19.1 Å². The monoisotopic (exact) mass is 193 g/mol. The molecule has 0 saturated heterocycles. The summed E-state index contributed by atoms with van der Waals surface area (Å²) in [6, 6.07) is 8.30. The van der Waals surface area contributed by atoms with Gasteiger partial charge in [-0.1, -0.05) is 31.2 Å². The van der Waals surface area contributed by atoms with Gasteiger partial charge in [-0.2, -0.15) is 0 Å². The van der Waals surface area contributed by atoms with E-state index in [2.05, 4.69) is 24.4 Å². The maximum Gasteiger partial charge on any atom is 0.0662 e. The molecule has 0 heterocycles. The fraction of sp³-hybridized carbons (Fsp3) is 0.500. The number of hydrogen-bond donors (Lipinski definition) is 2. The molecule has 14 heavy (non-hydrogen) atoms. The van der Waals surface area contributed by atoms with Crippen LogP contribution in [0, 0.1) is 6.92 Å². The fourth-order valence-electron chi connectivity index (χ4n) is 1.33. The highest BCUT2D eigenvalue weighted by Gasteiger charge is 2.00. The Morgan fingerprint density at radius 3 is 2.71 bits per heavy atom. The first-order valence-electron chi connectivity index (χ1n) is 5.17. The average Bonchev–Trinajstić information content (AvgIpc) is 2.20. The lowest BCUT2D eigenvalue weighted by atomic mass is 10.1. The molecular weight excluding hydrogens is 174 g/mol. The van der Waals surface area contributed by atoms with Gasteiger partial charge >= 0.3 is 0 Å². The Labute approximate surface area is 86.0 Å². The van der Waals surface area contributed by atoms with Crippen LogP contribution < -0.4 is 5.32 Å². The van der Waals surface area contributed by atoms with E-state index in [-0.39, 0.29) is 6.10 Å². The van der Waals surface area contributed by atoms with Crippen molar-refractivity contribution in [2.24, 2.45) is 0 Å². The van der Waals surface area contributed by atoms with E-state index in [0.29, 0.717) is 6.54 Å². The van der Waals surface area contributed by atoms with Crippen LogP contribution in [0.4, 0.5) is 0 Å². The minimum Gasteiger partial charge on any atom is -0.392 e. The number of aliphatic hydroxyl groups is 1. The summed E-state index contributed by atoms with van der Waals surface area (Å²) in [6.07, 6.45) is 0.583. The maximum absolute atomic E-state index is 9.34. The van der Waals surface area contributed by atoms with Crippen molar-refractivity contribution in [2.75, 3.05) is 6.54 Å². The fourth-order valence-corrected chi connectivity index (χ4v) is 1.33. The Morgan fingerprint density at radius 1 is 1.36 bits per heavy atom. The van der Waals surface area contributed by atoms with Crippen LogP contribution in [0.5, 0.6) is 0 Å². The molecule has 78 valence electrons. The quantitative estimate of drug-likeness (QED) is 0.748. The number of rotatable bonds is 5. The van der Waals surface area contributed by atoms with Gasteiger partial charge in [-0.25, -0.2) is 0 Å². The highest BCUT2D eigenvalue weighted by molar-refractivity contribution is 5.25. The minimum atomic E-state index is -0.223. The van der Waals surface area contributed by atoms with Crippen molar-refractivity contribution in [3.05, 3.63) is 35.4 Å². The highest BCUT2D eigenvalue weighted by atomic mass is 16.3. The van der Waals surface area contributed by atoms with Gasteiger partial charge in [-0.3, -0.25) is 0 Å². The summed E-state index contributed by atoms with van der Waals surface area (Å²) in [5.41, 5.74) is 2.60. The van der Waals surface area contributed by atoms with Crippen LogP contribution in [0.2, 0.25) is 0 Å². The maximum atomic E-state index is 9.34. The van der Waals surface area contributed by atoms with E-state index in [1.165, 1.54) is 11.1 Å². The van der Waals surface area contributed by atoms with Crippen molar-refractivity contribution in [1.29, 1.82) is 0 Å². The molecule has 0 aliphatic carbocycles. The van der Waals surface area contributed by atoms with Gasteiger partial charge < -0.3 is 10.4 Å². The third-order valence-electron chi connectivity index (χ3n) is 2.43. The molecule has 0 amide bonds. The second kappa shape index (κ2) is 5.78. The van der Waals surface area contributed by atoms with E-state index in [1.54, 1.807) is 0 Å². The lowest BCUT2D eigenvalue weighted by Gasteiger charge is -2.10. The molecule has 0 aliphatic rings. The number of hydrogen-bond acceptors (Lipinski definition) is 2. The Morgan fingerprint density at radius 2 is 2.07 bits per heavy atom. The van der Waals surface area contributed by atoms with E-state index in [0.717, 1.165) is 13.0 Å². The van der Waals surface area contributed by atoms with Crippen LogP contribution >= 0.6 is 0 Å². The van der Waals surface area contributed by atoms with Gasteiger partial charge in [0.1, 0.15) is 0 Å². The van der Waals surface area contributed by atoms with Crippen molar-refractivity contribution < 1.29 is 5.11 Å². The molecule has 1 aromatic carbocycles. The summed E-state index contributed by atoms with van der Waals surface area (Å²) < 4.78 is 0. The molecule has 2 N–H and O–H groups in total. The molecule has 0 bridgehead atoms.